The highest BCUT2D eigenvalue weighted by molar-refractivity contribution is 7.47. The molecule has 0 aromatic rings. The van der Waals surface area contributed by atoms with Gasteiger partial charge in [-0.1, -0.05) is 416 Å². The highest BCUT2D eigenvalue weighted by Crippen LogP contribution is 2.43. The van der Waals surface area contributed by atoms with E-state index in [1.54, 1.807) is 6.08 Å². The molecule has 0 saturated heterocycles. The largest absolute Gasteiger partial charge is 0.472 e. The first-order valence-electron chi connectivity index (χ1n) is 40.9. The number of nitrogens with one attached hydrogen (secondary N) is 1. The van der Waals surface area contributed by atoms with Gasteiger partial charge in [-0.15, -0.1) is 0 Å². The lowest BCUT2D eigenvalue weighted by molar-refractivity contribution is -0.870. The molecule has 0 aromatic heterocycles. The predicted molar refractivity (Wildman–Crippen MR) is 401 cm³/mol. The lowest BCUT2D eigenvalue weighted by Crippen LogP contribution is -2.45. The minimum atomic E-state index is -4.37. The summed E-state index contributed by atoms with van der Waals surface area (Å²) in [4.78, 5) is 23.5. The number of nitrogens with zero attached hydrogens (tertiary/aromatic N) is 1. The molecule has 0 aromatic carbocycles. The molecule has 0 aliphatic rings. The normalized spacial score (nSPS) is 13.6. The quantitative estimate of drug-likeness (QED) is 0.0243. The molecule has 3 atom stereocenters. The number of amides is 1. The van der Waals surface area contributed by atoms with E-state index in [2.05, 4.69) is 43.5 Å². The van der Waals surface area contributed by atoms with Crippen LogP contribution in [-0.2, 0) is 18.4 Å². The van der Waals surface area contributed by atoms with Gasteiger partial charge in [0, 0.05) is 6.42 Å². The van der Waals surface area contributed by atoms with E-state index in [0.717, 1.165) is 44.9 Å². The summed E-state index contributed by atoms with van der Waals surface area (Å²) in [6.45, 7) is 4.86. The Labute approximate surface area is 569 Å². The van der Waals surface area contributed by atoms with Gasteiger partial charge in [0.05, 0.1) is 39.9 Å². The number of rotatable bonds is 77. The molecule has 0 saturated carbocycles. The van der Waals surface area contributed by atoms with Gasteiger partial charge in [-0.05, 0) is 44.9 Å². The van der Waals surface area contributed by atoms with Crippen molar-refractivity contribution in [1.29, 1.82) is 0 Å². The van der Waals surface area contributed by atoms with E-state index >= 15 is 0 Å². The van der Waals surface area contributed by atoms with Crippen molar-refractivity contribution in [2.45, 2.75) is 443 Å². The van der Waals surface area contributed by atoms with E-state index in [1.807, 2.05) is 27.2 Å². The molecule has 91 heavy (non-hydrogen) atoms. The van der Waals surface area contributed by atoms with Gasteiger partial charge in [-0.3, -0.25) is 13.8 Å². The van der Waals surface area contributed by atoms with Gasteiger partial charge in [0.2, 0.25) is 5.91 Å². The van der Waals surface area contributed by atoms with E-state index in [0.29, 0.717) is 17.4 Å². The van der Waals surface area contributed by atoms with Crippen LogP contribution >= 0.6 is 7.82 Å². The zero-order valence-electron chi connectivity index (χ0n) is 62.1. The van der Waals surface area contributed by atoms with Gasteiger partial charge < -0.3 is 19.8 Å². The first kappa shape index (κ1) is 89.7. The van der Waals surface area contributed by atoms with E-state index in [-0.39, 0.29) is 19.1 Å². The molecule has 0 aliphatic heterocycles. The zero-order valence-corrected chi connectivity index (χ0v) is 63.0. The Balaban J connectivity index is 3.97. The standard InChI is InChI=1S/C82H161N2O6P/c1-6-8-10-12-14-16-18-20-22-24-26-28-30-32-34-36-38-40-41-42-43-44-46-48-50-52-54-56-58-60-62-64-66-68-70-72-74-76-82(86)83-80(79-90-91(87,88)89-78-77-84(3,4)5)81(85)75-73-71-69-67-65-63-61-59-57-55-53-51-49-47-45-39-37-35-33-31-29-27-25-23-21-19-17-15-13-11-9-7-2/h57,59,65,67,73,75,80-81,85H,6-56,58,60-64,66,68-72,74,76-79H2,1-5H3,(H-,83,86,87,88)/p+1/b59-57+,67-65+,75-73+. The van der Waals surface area contributed by atoms with Crippen LogP contribution in [0.1, 0.15) is 431 Å². The third-order valence-corrected chi connectivity index (χ3v) is 20.1. The SMILES string of the molecule is CCCCCCCCCCCCCCCCCCCCCCCC/C=C/CC/C=C/CC/C=C/C(O)C(COP(=O)(O)OCC[N+](C)(C)C)NC(=O)CCCCCCCCCCCCCCCCCCCCCCCCCCCCCCCCCCCCCCC. The lowest BCUT2D eigenvalue weighted by atomic mass is 10.0. The molecule has 3 unspecified atom stereocenters. The fourth-order valence-corrected chi connectivity index (χ4v) is 13.5. The Morgan fingerprint density at radius 2 is 0.604 bits per heavy atom. The number of carbonyl (C=O) groups is 1. The highest BCUT2D eigenvalue weighted by Gasteiger charge is 2.28. The molecule has 9 heteroatoms. The number of quaternary nitrogens is 1. The molecule has 0 rings (SSSR count). The van der Waals surface area contributed by atoms with Crippen LogP contribution in [0.15, 0.2) is 36.5 Å². The topological polar surface area (TPSA) is 105 Å². The van der Waals surface area contributed by atoms with Gasteiger partial charge in [0.1, 0.15) is 13.2 Å². The fourth-order valence-electron chi connectivity index (χ4n) is 12.8. The summed E-state index contributed by atoms with van der Waals surface area (Å²) in [5, 5.41) is 14.0. The molecule has 0 fully saturated rings. The number of unbranched alkanes of at least 4 members (excludes halogenated alkanes) is 60. The van der Waals surface area contributed by atoms with Crippen LogP contribution in [0.5, 0.6) is 0 Å². The van der Waals surface area contributed by atoms with E-state index in [4.69, 9.17) is 9.05 Å². The number of phosphoric acid groups is 1. The van der Waals surface area contributed by atoms with E-state index in [9.17, 15) is 19.4 Å². The monoisotopic (exact) mass is 1300 g/mol. The minimum absolute atomic E-state index is 0.0556. The van der Waals surface area contributed by atoms with Crippen molar-refractivity contribution in [3.8, 4) is 0 Å². The maximum Gasteiger partial charge on any atom is 0.472 e. The predicted octanol–water partition coefficient (Wildman–Crippen LogP) is 26.7. The number of carbonyl (C=O) groups excluding carboxylic acids is 1. The Hall–Kier alpha value is -1.28. The van der Waals surface area contributed by atoms with E-state index < -0.39 is 20.0 Å². The molecular weight excluding hydrogens is 1140 g/mol. The molecule has 0 bridgehead atoms. The van der Waals surface area contributed by atoms with Gasteiger partial charge >= 0.3 is 7.82 Å². The second-order valence-corrected chi connectivity index (χ2v) is 30.9. The van der Waals surface area contributed by atoms with Crippen LogP contribution in [0.4, 0.5) is 0 Å². The summed E-state index contributed by atoms with van der Waals surface area (Å²) in [7, 11) is 1.57. The van der Waals surface area contributed by atoms with Crippen molar-refractivity contribution in [1.82, 2.24) is 5.32 Å². The lowest BCUT2D eigenvalue weighted by Gasteiger charge is -2.25. The second-order valence-electron chi connectivity index (χ2n) is 29.5. The second kappa shape index (κ2) is 73.0. The minimum Gasteiger partial charge on any atom is -0.387 e. The molecular formula is C82H162N2O6P+. The zero-order chi connectivity index (χ0) is 66.2. The summed E-state index contributed by atoms with van der Waals surface area (Å²) in [5.74, 6) is -0.181. The van der Waals surface area contributed by atoms with Crippen molar-refractivity contribution in [2.24, 2.45) is 0 Å². The summed E-state index contributed by atoms with van der Waals surface area (Å²) in [5.41, 5.74) is 0. The fraction of sp³-hybridized carbons (Fsp3) is 0.915. The third kappa shape index (κ3) is 76.0. The molecule has 1 amide bonds. The molecule has 0 aliphatic carbocycles. The molecule has 0 spiro atoms. The van der Waals surface area contributed by atoms with E-state index in [1.165, 1.54) is 366 Å². The first-order chi connectivity index (χ1) is 44.5. The van der Waals surface area contributed by atoms with Crippen LogP contribution in [0, 0.1) is 0 Å². The summed E-state index contributed by atoms with van der Waals surface area (Å²) < 4.78 is 23.9. The third-order valence-electron chi connectivity index (χ3n) is 19.1. The van der Waals surface area contributed by atoms with Crippen molar-refractivity contribution < 1.29 is 32.9 Å². The van der Waals surface area contributed by atoms with Crippen LogP contribution in [0.25, 0.3) is 0 Å². The Morgan fingerprint density at radius 1 is 0.363 bits per heavy atom. The average Bonchev–Trinajstić information content (AvgIpc) is 3.68. The summed E-state index contributed by atoms with van der Waals surface area (Å²) >= 11 is 0. The van der Waals surface area contributed by atoms with Crippen LogP contribution in [-0.4, -0.2) is 73.4 Å². The molecule has 0 radical (unpaired) electrons. The van der Waals surface area contributed by atoms with Crippen molar-refractivity contribution in [2.75, 3.05) is 40.9 Å². The number of allylic oxidation sites excluding steroid dienone is 5. The maximum absolute atomic E-state index is 13.1. The number of phosphoric ester groups is 1. The van der Waals surface area contributed by atoms with Gasteiger partial charge in [-0.2, -0.15) is 0 Å². The number of hydrogen-bond acceptors (Lipinski definition) is 5. The number of hydrogen-bond donors (Lipinski definition) is 3. The van der Waals surface area contributed by atoms with Crippen LogP contribution in [0.2, 0.25) is 0 Å². The van der Waals surface area contributed by atoms with Gasteiger partial charge in [-0.25, -0.2) is 4.57 Å². The van der Waals surface area contributed by atoms with Crippen LogP contribution in [0.3, 0.4) is 0 Å². The smallest absolute Gasteiger partial charge is 0.387 e. The number of aliphatic hydroxyl groups is 1. The number of likely N-dealkylation sites (N-methyl/N-ethyl adjacent to an activating group) is 1. The average molecular weight is 1300 g/mol. The highest BCUT2D eigenvalue weighted by atomic mass is 31.2. The molecule has 8 nitrogen and oxygen atoms in total. The van der Waals surface area contributed by atoms with Crippen LogP contribution < -0.4 is 5.32 Å². The van der Waals surface area contributed by atoms with Gasteiger partial charge in [0.15, 0.2) is 0 Å². The van der Waals surface area contributed by atoms with Crippen molar-refractivity contribution >= 4 is 13.7 Å². The molecule has 540 valence electrons. The molecule has 3 N–H and O–H groups in total. The Bertz CT molecular complexity index is 1580. The maximum atomic E-state index is 13.1. The first-order valence-corrected chi connectivity index (χ1v) is 42.4. The molecule has 0 heterocycles. The van der Waals surface area contributed by atoms with Crippen molar-refractivity contribution in [3.05, 3.63) is 36.5 Å². The summed E-state index contributed by atoms with van der Waals surface area (Å²) in [6, 6.07) is -0.871. The Morgan fingerprint density at radius 3 is 0.879 bits per heavy atom. The Kier molecular flexibility index (Phi) is 72.0. The number of aliphatic hydroxyl groups excluding tert-OH is 1. The summed E-state index contributed by atoms with van der Waals surface area (Å²) in [6.07, 6.45) is 99.4. The van der Waals surface area contributed by atoms with Crippen molar-refractivity contribution in [3.63, 3.8) is 0 Å². The van der Waals surface area contributed by atoms with Gasteiger partial charge in [0.25, 0.3) is 0 Å².